The molecule has 34 heavy (non-hydrogen) atoms. The van der Waals surface area contributed by atoms with Crippen LogP contribution in [0, 0.1) is 12.7 Å². The summed E-state index contributed by atoms with van der Waals surface area (Å²) in [6, 6.07) is 15.5. The number of ether oxygens (including phenoxy) is 2. The Morgan fingerprint density at radius 3 is 2.47 bits per heavy atom. The maximum absolute atomic E-state index is 13.1. The van der Waals surface area contributed by atoms with E-state index in [0.29, 0.717) is 18.0 Å². The Morgan fingerprint density at radius 1 is 1.12 bits per heavy atom. The summed E-state index contributed by atoms with van der Waals surface area (Å²) in [5.41, 5.74) is 5.53. The lowest BCUT2D eigenvalue weighted by Crippen LogP contribution is -2.08. The molecule has 0 radical (unpaired) electrons. The van der Waals surface area contributed by atoms with Gasteiger partial charge in [0.15, 0.2) is 0 Å². The van der Waals surface area contributed by atoms with Crippen molar-refractivity contribution in [2.75, 3.05) is 19.0 Å². The highest BCUT2D eigenvalue weighted by atomic mass is 19.1. The summed E-state index contributed by atoms with van der Waals surface area (Å²) >= 11 is 0. The number of carbonyl (C=O) groups is 1. The number of aryl methyl sites for hydroxylation is 1. The first-order valence-corrected chi connectivity index (χ1v) is 11.0. The van der Waals surface area contributed by atoms with E-state index in [2.05, 4.69) is 5.32 Å². The van der Waals surface area contributed by atoms with E-state index in [-0.39, 0.29) is 11.7 Å². The molecule has 5 nitrogen and oxygen atoms in total. The van der Waals surface area contributed by atoms with E-state index in [0.717, 1.165) is 44.5 Å². The minimum absolute atomic E-state index is 0.317. The Hall–Kier alpha value is -4.06. The second-order valence-electron chi connectivity index (χ2n) is 7.89. The van der Waals surface area contributed by atoms with Gasteiger partial charge in [-0.15, -0.1) is 0 Å². The Balaban J connectivity index is 1.72. The van der Waals surface area contributed by atoms with Crippen molar-refractivity contribution in [3.05, 3.63) is 83.9 Å². The van der Waals surface area contributed by atoms with E-state index < -0.39 is 0 Å². The number of hydrogen-bond acceptors (Lipinski definition) is 4. The van der Waals surface area contributed by atoms with Crippen LogP contribution in [-0.4, -0.2) is 19.6 Å². The van der Waals surface area contributed by atoms with E-state index in [9.17, 15) is 9.18 Å². The van der Waals surface area contributed by atoms with Crippen molar-refractivity contribution >= 4 is 28.1 Å². The third kappa shape index (κ3) is 4.66. The van der Waals surface area contributed by atoms with Crippen molar-refractivity contribution in [3.63, 3.8) is 0 Å². The molecule has 1 N–H and O–H groups in total. The predicted molar refractivity (Wildman–Crippen MR) is 133 cm³/mol. The Kier molecular flexibility index (Phi) is 6.68. The van der Waals surface area contributed by atoms with Gasteiger partial charge < -0.3 is 19.2 Å². The molecule has 3 aromatic carbocycles. The Labute approximate surface area is 197 Å². The molecule has 0 aliphatic carbocycles. The molecule has 4 aromatic rings. The smallest absolute Gasteiger partial charge is 0.248 e. The van der Waals surface area contributed by atoms with Crippen molar-refractivity contribution in [1.82, 2.24) is 0 Å². The average Bonchev–Trinajstić information content (AvgIpc) is 3.25. The van der Waals surface area contributed by atoms with Crippen LogP contribution < -0.4 is 14.8 Å². The van der Waals surface area contributed by atoms with Gasteiger partial charge in [-0.05, 0) is 74.4 Å². The van der Waals surface area contributed by atoms with Gasteiger partial charge in [0.05, 0.1) is 20.0 Å². The second-order valence-corrected chi connectivity index (χ2v) is 7.89. The number of furan rings is 1. The van der Waals surface area contributed by atoms with Crippen LogP contribution >= 0.6 is 0 Å². The van der Waals surface area contributed by atoms with Gasteiger partial charge in [0, 0.05) is 33.8 Å². The Morgan fingerprint density at radius 2 is 1.82 bits per heavy atom. The van der Waals surface area contributed by atoms with Gasteiger partial charge in [0.1, 0.15) is 22.9 Å². The fraction of sp³-hybridized carbons (Fsp3) is 0.179. The summed E-state index contributed by atoms with van der Waals surface area (Å²) in [4.78, 5) is 12.6. The number of nitrogens with one attached hydrogen (secondary N) is 1. The van der Waals surface area contributed by atoms with Gasteiger partial charge in [0.25, 0.3) is 0 Å². The lowest BCUT2D eigenvalue weighted by molar-refractivity contribution is -0.111. The molecule has 1 heterocycles. The van der Waals surface area contributed by atoms with Crippen molar-refractivity contribution in [3.8, 4) is 22.6 Å². The van der Waals surface area contributed by atoms with Crippen LogP contribution in [0.2, 0.25) is 0 Å². The first-order chi connectivity index (χ1) is 16.4. The van der Waals surface area contributed by atoms with E-state index in [4.69, 9.17) is 13.9 Å². The van der Waals surface area contributed by atoms with E-state index in [1.54, 1.807) is 13.4 Å². The summed E-state index contributed by atoms with van der Waals surface area (Å²) in [7, 11) is 1.60. The first kappa shape index (κ1) is 23.1. The molecule has 1 aromatic heterocycles. The zero-order valence-corrected chi connectivity index (χ0v) is 19.6. The molecule has 0 unspecified atom stereocenters. The third-order valence-electron chi connectivity index (χ3n) is 5.61. The normalized spacial score (nSPS) is 11.5. The van der Waals surface area contributed by atoms with E-state index in [1.165, 1.54) is 30.3 Å². The van der Waals surface area contributed by atoms with Crippen molar-refractivity contribution in [2.45, 2.75) is 20.8 Å². The van der Waals surface area contributed by atoms with Crippen molar-refractivity contribution in [1.29, 1.82) is 0 Å². The molecule has 0 spiro atoms. The highest BCUT2D eigenvalue weighted by Gasteiger charge is 2.19. The van der Waals surface area contributed by atoms with Crippen LogP contribution in [0.1, 0.15) is 25.0 Å². The number of rotatable bonds is 7. The van der Waals surface area contributed by atoms with E-state index in [1.807, 2.05) is 51.1 Å². The summed E-state index contributed by atoms with van der Waals surface area (Å²) < 4.78 is 30.3. The molecule has 1 amide bonds. The molecule has 0 saturated carbocycles. The summed E-state index contributed by atoms with van der Waals surface area (Å²) in [5.74, 6) is 0.775. The minimum atomic E-state index is -0.360. The summed E-state index contributed by atoms with van der Waals surface area (Å²) in [5, 5.41) is 3.67. The maximum atomic E-state index is 13.1. The fourth-order valence-corrected chi connectivity index (χ4v) is 3.98. The molecule has 6 heteroatoms. The molecule has 0 bridgehead atoms. The van der Waals surface area contributed by atoms with Crippen LogP contribution in [-0.2, 0) is 4.79 Å². The number of anilines is 1. The Bertz CT molecular complexity index is 1350. The van der Waals surface area contributed by atoms with Crippen LogP contribution in [0.25, 0.3) is 27.7 Å². The molecular formula is C28H26FNO4. The van der Waals surface area contributed by atoms with E-state index >= 15 is 0 Å². The van der Waals surface area contributed by atoms with Gasteiger partial charge in [-0.25, -0.2) is 4.39 Å². The molecule has 0 saturated heterocycles. The number of carbonyl (C=O) groups excluding carboxylic acids is 1. The highest BCUT2D eigenvalue weighted by molar-refractivity contribution is 6.06. The maximum Gasteiger partial charge on any atom is 0.248 e. The number of hydrogen-bond donors (Lipinski definition) is 1. The lowest BCUT2D eigenvalue weighted by atomic mass is 9.96. The van der Waals surface area contributed by atoms with Crippen LogP contribution in [0.4, 0.5) is 10.1 Å². The fourth-order valence-electron chi connectivity index (χ4n) is 3.98. The average molecular weight is 460 g/mol. The number of amides is 1. The van der Waals surface area contributed by atoms with Gasteiger partial charge >= 0.3 is 0 Å². The van der Waals surface area contributed by atoms with Crippen LogP contribution in [0.15, 0.2) is 71.4 Å². The summed E-state index contributed by atoms with van der Waals surface area (Å²) in [6.07, 6.45) is 3.24. The third-order valence-corrected chi connectivity index (χ3v) is 5.61. The molecule has 0 atom stereocenters. The number of benzene rings is 3. The number of methoxy groups -OCH3 is 1. The summed E-state index contributed by atoms with van der Waals surface area (Å²) in [6.45, 7) is 6.34. The molecule has 4 rings (SSSR count). The quantitative estimate of drug-likeness (QED) is 0.302. The van der Waals surface area contributed by atoms with Gasteiger partial charge in [0.2, 0.25) is 5.91 Å². The first-order valence-electron chi connectivity index (χ1n) is 11.0. The SMILES string of the molecule is CCOc1ccc(-c2coc3c(C)c(OC)c(/C(C)=C/C(=O)Nc4ccc(F)cc4)cc23)cc1. The molecule has 0 aliphatic rings. The number of halogens is 1. The van der Waals surface area contributed by atoms with Gasteiger partial charge in [-0.1, -0.05) is 12.1 Å². The second kappa shape index (κ2) is 9.83. The zero-order valence-electron chi connectivity index (χ0n) is 19.6. The van der Waals surface area contributed by atoms with Crippen LogP contribution in [0.3, 0.4) is 0 Å². The van der Waals surface area contributed by atoms with Gasteiger partial charge in [-0.2, -0.15) is 0 Å². The highest BCUT2D eigenvalue weighted by Crippen LogP contribution is 2.40. The molecule has 0 aliphatic heterocycles. The minimum Gasteiger partial charge on any atom is -0.496 e. The standard InChI is InChI=1S/C28H26FNO4/c1-5-33-22-12-6-19(7-13-22)25-16-34-28-18(3)27(32-4)23(15-24(25)28)17(2)14-26(31)30-21-10-8-20(29)9-11-21/h6-16H,5H2,1-4H3,(H,30,31)/b17-14+. The molecule has 0 fully saturated rings. The van der Waals surface area contributed by atoms with Gasteiger partial charge in [-0.3, -0.25) is 4.79 Å². The zero-order chi connectivity index (χ0) is 24.2. The predicted octanol–water partition coefficient (Wildman–Crippen LogP) is 7.00. The van der Waals surface area contributed by atoms with Crippen molar-refractivity contribution in [2.24, 2.45) is 0 Å². The molecule has 174 valence electrons. The topological polar surface area (TPSA) is 60.7 Å². The number of allylic oxidation sites excluding steroid dienone is 1. The van der Waals surface area contributed by atoms with Crippen LogP contribution in [0.5, 0.6) is 11.5 Å². The largest absolute Gasteiger partial charge is 0.496 e. The monoisotopic (exact) mass is 459 g/mol. The lowest BCUT2D eigenvalue weighted by Gasteiger charge is -2.13. The number of fused-ring (bicyclic) bond motifs is 1. The molecular weight excluding hydrogens is 433 g/mol. The van der Waals surface area contributed by atoms with Crippen molar-refractivity contribution < 1.29 is 23.1 Å².